The molecule has 1 aromatic heterocycles. The monoisotopic (exact) mass is 241 g/mol. The predicted molar refractivity (Wildman–Crippen MR) is 71.1 cm³/mol. The standard InChI is InChI=1S/C15H15NO2/c1-9-5-4-6-12(7-9)15-13(8-17)16-10(2)14(15)11(3)18/h4-8,16H,1-3H3. The first-order chi connectivity index (χ1) is 8.54. The highest BCUT2D eigenvalue weighted by atomic mass is 16.1. The number of hydrogen-bond acceptors (Lipinski definition) is 2. The van der Waals surface area contributed by atoms with Crippen molar-refractivity contribution in [2.24, 2.45) is 0 Å². The molecule has 92 valence electrons. The summed E-state index contributed by atoms with van der Waals surface area (Å²) in [5, 5.41) is 0. The Morgan fingerprint density at radius 1 is 1.28 bits per heavy atom. The van der Waals surface area contributed by atoms with Crippen LogP contribution >= 0.6 is 0 Å². The van der Waals surface area contributed by atoms with Crippen LogP contribution in [0.2, 0.25) is 0 Å². The zero-order chi connectivity index (χ0) is 13.3. The lowest BCUT2D eigenvalue weighted by Gasteiger charge is -2.04. The van der Waals surface area contributed by atoms with Crippen LogP contribution in [0.3, 0.4) is 0 Å². The fraction of sp³-hybridized carbons (Fsp3) is 0.200. The van der Waals surface area contributed by atoms with Gasteiger partial charge in [-0.3, -0.25) is 9.59 Å². The van der Waals surface area contributed by atoms with Crippen LogP contribution in [0.1, 0.15) is 39.0 Å². The minimum absolute atomic E-state index is 0.0339. The van der Waals surface area contributed by atoms with Crippen LogP contribution in [0.5, 0.6) is 0 Å². The number of carbonyl (C=O) groups is 2. The summed E-state index contributed by atoms with van der Waals surface area (Å²) in [4.78, 5) is 25.8. The van der Waals surface area contributed by atoms with E-state index in [1.165, 1.54) is 6.92 Å². The molecule has 0 atom stereocenters. The number of carbonyl (C=O) groups excluding carboxylic acids is 2. The average molecular weight is 241 g/mol. The molecule has 3 nitrogen and oxygen atoms in total. The van der Waals surface area contributed by atoms with Gasteiger partial charge in [-0.25, -0.2) is 0 Å². The number of aldehydes is 1. The summed E-state index contributed by atoms with van der Waals surface area (Å²) in [6.07, 6.45) is 0.761. The number of ketones is 1. The Balaban J connectivity index is 2.76. The van der Waals surface area contributed by atoms with Crippen molar-refractivity contribution < 1.29 is 9.59 Å². The van der Waals surface area contributed by atoms with Crippen molar-refractivity contribution >= 4 is 12.1 Å². The molecule has 3 heteroatoms. The van der Waals surface area contributed by atoms with Gasteiger partial charge in [0.15, 0.2) is 12.1 Å². The van der Waals surface area contributed by atoms with Gasteiger partial charge in [0.2, 0.25) is 0 Å². The Kier molecular flexibility index (Phi) is 3.15. The van der Waals surface area contributed by atoms with Crippen LogP contribution < -0.4 is 0 Å². The molecule has 0 spiro atoms. The fourth-order valence-electron chi connectivity index (χ4n) is 2.28. The topological polar surface area (TPSA) is 49.9 Å². The van der Waals surface area contributed by atoms with Crippen molar-refractivity contribution in [3.63, 3.8) is 0 Å². The molecule has 18 heavy (non-hydrogen) atoms. The second-order valence-corrected chi connectivity index (χ2v) is 4.46. The van der Waals surface area contributed by atoms with E-state index in [1.807, 2.05) is 38.1 Å². The lowest BCUT2D eigenvalue weighted by molar-refractivity contribution is 0.101. The molecule has 0 bridgehead atoms. The number of rotatable bonds is 3. The molecule has 1 aromatic carbocycles. The molecule has 1 heterocycles. The van der Waals surface area contributed by atoms with Gasteiger partial charge in [0.05, 0.1) is 5.69 Å². The van der Waals surface area contributed by atoms with Crippen LogP contribution in [0.4, 0.5) is 0 Å². The number of aromatic amines is 1. The quantitative estimate of drug-likeness (QED) is 0.662. The Morgan fingerprint density at radius 3 is 2.56 bits per heavy atom. The molecule has 0 saturated carbocycles. The smallest absolute Gasteiger partial charge is 0.166 e. The summed E-state index contributed by atoms with van der Waals surface area (Å²) in [6.45, 7) is 5.31. The second-order valence-electron chi connectivity index (χ2n) is 4.46. The Labute approximate surface area is 106 Å². The molecule has 1 N–H and O–H groups in total. The van der Waals surface area contributed by atoms with Crippen molar-refractivity contribution in [1.82, 2.24) is 4.98 Å². The van der Waals surface area contributed by atoms with Gasteiger partial charge in [-0.05, 0) is 26.3 Å². The maximum absolute atomic E-state index is 11.7. The van der Waals surface area contributed by atoms with Gasteiger partial charge < -0.3 is 4.98 Å². The van der Waals surface area contributed by atoms with Crippen molar-refractivity contribution in [2.45, 2.75) is 20.8 Å². The highest BCUT2D eigenvalue weighted by molar-refractivity contribution is 6.06. The first kappa shape index (κ1) is 12.3. The van der Waals surface area contributed by atoms with Gasteiger partial charge in [-0.15, -0.1) is 0 Å². The van der Waals surface area contributed by atoms with Gasteiger partial charge >= 0.3 is 0 Å². The maximum Gasteiger partial charge on any atom is 0.166 e. The molecular weight excluding hydrogens is 226 g/mol. The molecule has 2 rings (SSSR count). The molecule has 0 aliphatic rings. The lowest BCUT2D eigenvalue weighted by Crippen LogP contribution is -1.96. The minimum Gasteiger partial charge on any atom is -0.355 e. The fourth-order valence-corrected chi connectivity index (χ4v) is 2.28. The van der Waals surface area contributed by atoms with E-state index in [-0.39, 0.29) is 5.78 Å². The molecule has 2 aromatic rings. The third-order valence-electron chi connectivity index (χ3n) is 2.99. The minimum atomic E-state index is -0.0339. The zero-order valence-electron chi connectivity index (χ0n) is 10.7. The summed E-state index contributed by atoms with van der Waals surface area (Å²) in [6, 6.07) is 7.79. The highest BCUT2D eigenvalue weighted by Gasteiger charge is 2.19. The summed E-state index contributed by atoms with van der Waals surface area (Å²) in [7, 11) is 0. The zero-order valence-corrected chi connectivity index (χ0v) is 10.7. The SMILES string of the molecule is CC(=O)c1c(C)[nH]c(C=O)c1-c1cccc(C)c1. The van der Waals surface area contributed by atoms with Crippen LogP contribution in [0.25, 0.3) is 11.1 Å². The molecule has 0 aliphatic heterocycles. The van der Waals surface area contributed by atoms with E-state index in [4.69, 9.17) is 0 Å². The van der Waals surface area contributed by atoms with E-state index in [2.05, 4.69) is 4.98 Å². The molecule has 0 radical (unpaired) electrons. The van der Waals surface area contributed by atoms with E-state index in [0.717, 1.165) is 23.1 Å². The number of Topliss-reactive ketones (excluding diaryl/α,β-unsaturated/α-hetero) is 1. The van der Waals surface area contributed by atoms with Crippen molar-refractivity contribution in [1.29, 1.82) is 0 Å². The van der Waals surface area contributed by atoms with Crippen molar-refractivity contribution in [2.75, 3.05) is 0 Å². The first-order valence-corrected chi connectivity index (χ1v) is 5.80. The van der Waals surface area contributed by atoms with Gasteiger partial charge in [-0.2, -0.15) is 0 Å². The molecule has 0 unspecified atom stereocenters. The number of benzene rings is 1. The number of nitrogens with one attached hydrogen (secondary N) is 1. The van der Waals surface area contributed by atoms with E-state index in [9.17, 15) is 9.59 Å². The molecule has 0 saturated heterocycles. The number of H-pyrrole nitrogens is 1. The largest absolute Gasteiger partial charge is 0.355 e. The molecular formula is C15H15NO2. The van der Waals surface area contributed by atoms with Gasteiger partial charge in [0.25, 0.3) is 0 Å². The summed E-state index contributed by atoms with van der Waals surface area (Å²) < 4.78 is 0. The van der Waals surface area contributed by atoms with Gasteiger partial charge in [0.1, 0.15) is 0 Å². The van der Waals surface area contributed by atoms with Crippen LogP contribution in [0, 0.1) is 13.8 Å². The van der Waals surface area contributed by atoms with Crippen molar-refractivity contribution in [3.05, 3.63) is 46.8 Å². The summed E-state index contributed by atoms with van der Waals surface area (Å²) in [5.41, 5.74) is 4.50. The van der Waals surface area contributed by atoms with E-state index < -0.39 is 0 Å². The van der Waals surface area contributed by atoms with E-state index in [0.29, 0.717) is 16.8 Å². The molecule has 0 fully saturated rings. The van der Waals surface area contributed by atoms with Crippen LogP contribution in [-0.4, -0.2) is 17.1 Å². The normalized spacial score (nSPS) is 10.4. The average Bonchev–Trinajstić information content (AvgIpc) is 2.66. The van der Waals surface area contributed by atoms with E-state index >= 15 is 0 Å². The van der Waals surface area contributed by atoms with Crippen LogP contribution in [0.15, 0.2) is 24.3 Å². The Bertz CT molecular complexity index is 623. The molecule has 0 amide bonds. The number of aromatic nitrogens is 1. The number of aryl methyl sites for hydroxylation is 2. The highest BCUT2D eigenvalue weighted by Crippen LogP contribution is 2.30. The lowest BCUT2D eigenvalue weighted by atomic mass is 9.97. The van der Waals surface area contributed by atoms with Gasteiger partial charge in [-0.1, -0.05) is 29.8 Å². The van der Waals surface area contributed by atoms with Gasteiger partial charge in [0, 0.05) is 16.8 Å². The predicted octanol–water partition coefficient (Wildman–Crippen LogP) is 3.31. The Hall–Kier alpha value is -2.16. The maximum atomic E-state index is 11.7. The van der Waals surface area contributed by atoms with Crippen LogP contribution in [-0.2, 0) is 0 Å². The second kappa shape index (κ2) is 4.61. The third kappa shape index (κ3) is 1.99. The molecule has 0 aliphatic carbocycles. The van der Waals surface area contributed by atoms with E-state index in [1.54, 1.807) is 0 Å². The number of hydrogen-bond donors (Lipinski definition) is 1. The summed E-state index contributed by atoms with van der Waals surface area (Å²) in [5.74, 6) is -0.0339. The van der Waals surface area contributed by atoms with Crippen molar-refractivity contribution in [3.8, 4) is 11.1 Å². The Morgan fingerprint density at radius 2 is 2.00 bits per heavy atom. The summed E-state index contributed by atoms with van der Waals surface area (Å²) >= 11 is 0. The third-order valence-corrected chi connectivity index (χ3v) is 2.99. The first-order valence-electron chi connectivity index (χ1n) is 5.80.